The number of hydrogen-bond acceptors (Lipinski definition) is 1. The quantitative estimate of drug-likeness (QED) is 0.150. The van der Waals surface area contributed by atoms with Gasteiger partial charge >= 0.3 is 0 Å². The van der Waals surface area contributed by atoms with E-state index in [9.17, 15) is 0 Å². The number of hydrogen-bond donors (Lipinski definition) is 0. The van der Waals surface area contributed by atoms with Gasteiger partial charge in [0.05, 0.1) is 16.7 Å². The summed E-state index contributed by atoms with van der Waals surface area (Å²) in [6.45, 7) is 0. The van der Waals surface area contributed by atoms with Crippen molar-refractivity contribution in [1.29, 1.82) is 0 Å². The highest BCUT2D eigenvalue weighted by Gasteiger charge is 2.21. The van der Waals surface area contributed by atoms with Crippen LogP contribution in [0.3, 0.4) is 0 Å². The molecule has 0 aliphatic rings. The Labute approximate surface area is 350 Å². The summed E-state index contributed by atoms with van der Waals surface area (Å²) in [6, 6.07) is 87.8. The van der Waals surface area contributed by atoms with Gasteiger partial charge in [0.25, 0.3) is 0 Å². The Balaban J connectivity index is 1.09. The van der Waals surface area contributed by atoms with Gasteiger partial charge in [-0.15, -0.1) is 0 Å². The first-order valence-electron chi connectivity index (χ1n) is 20.6. The Morgan fingerprint density at radius 3 is 1.45 bits per heavy atom. The number of rotatable bonds is 8. The average molecular weight is 765 g/mol. The highest BCUT2D eigenvalue weighted by Crippen LogP contribution is 2.46. The molecular weight excluding hydrogens is 725 g/mol. The molecule has 10 aromatic carbocycles. The Morgan fingerprint density at radius 1 is 0.283 bits per heavy atom. The standard InChI is InChI=1S/C58H40N2/c1-4-17-41(18-5-1)42-33-37-47(38-34-42)59(54-30-12-10-25-51(54)52-29-15-22-45-21-14-27-49(57(45)52)43-19-6-2-7-20-43)48-39-35-44(36-40-48)50-28-16-32-56-58(50)53-26-11-13-31-55(53)60(56)46-23-8-3-9-24-46/h1-40H. The smallest absolute Gasteiger partial charge is 0.0547 e. The number of anilines is 3. The Kier molecular flexibility index (Phi) is 8.87. The van der Waals surface area contributed by atoms with Crippen molar-refractivity contribution in [2.45, 2.75) is 0 Å². The molecule has 1 aromatic heterocycles. The van der Waals surface area contributed by atoms with E-state index in [0.29, 0.717) is 0 Å². The third kappa shape index (κ3) is 6.14. The zero-order chi connectivity index (χ0) is 39.8. The maximum absolute atomic E-state index is 2.42. The molecule has 0 aliphatic carbocycles. The molecule has 0 atom stereocenters. The van der Waals surface area contributed by atoms with Crippen LogP contribution in [-0.4, -0.2) is 4.57 Å². The molecule has 0 radical (unpaired) electrons. The normalized spacial score (nSPS) is 11.3. The number of fused-ring (bicyclic) bond motifs is 4. The number of nitrogens with zero attached hydrogens (tertiary/aromatic N) is 2. The predicted molar refractivity (Wildman–Crippen MR) is 255 cm³/mol. The van der Waals surface area contributed by atoms with Crippen LogP contribution in [0.15, 0.2) is 243 Å². The maximum atomic E-state index is 2.42. The van der Waals surface area contributed by atoms with Crippen molar-refractivity contribution in [3.05, 3.63) is 243 Å². The first kappa shape index (κ1) is 35.2. The maximum Gasteiger partial charge on any atom is 0.0547 e. The van der Waals surface area contributed by atoms with E-state index in [0.717, 1.165) is 22.7 Å². The summed E-state index contributed by atoms with van der Waals surface area (Å²) in [5.41, 5.74) is 16.4. The fourth-order valence-electron chi connectivity index (χ4n) is 9.09. The Bertz CT molecular complexity index is 3270. The number of aromatic nitrogens is 1. The fourth-order valence-corrected chi connectivity index (χ4v) is 9.09. The van der Waals surface area contributed by atoms with Crippen molar-refractivity contribution in [2.24, 2.45) is 0 Å². The fraction of sp³-hybridized carbons (Fsp3) is 0. The van der Waals surface area contributed by atoms with Gasteiger partial charge in [-0.05, 0) is 104 Å². The van der Waals surface area contributed by atoms with Crippen molar-refractivity contribution in [3.63, 3.8) is 0 Å². The summed E-state index contributed by atoms with van der Waals surface area (Å²) >= 11 is 0. The molecule has 0 N–H and O–H groups in total. The molecule has 0 amide bonds. The molecule has 0 saturated carbocycles. The minimum Gasteiger partial charge on any atom is -0.310 e. The molecule has 282 valence electrons. The van der Waals surface area contributed by atoms with Gasteiger partial charge in [0.2, 0.25) is 0 Å². The van der Waals surface area contributed by atoms with Gasteiger partial charge in [0, 0.05) is 33.4 Å². The molecule has 0 unspecified atom stereocenters. The molecule has 11 rings (SSSR count). The minimum atomic E-state index is 1.08. The van der Waals surface area contributed by atoms with Crippen molar-refractivity contribution in [3.8, 4) is 50.2 Å². The summed E-state index contributed by atoms with van der Waals surface area (Å²) in [5.74, 6) is 0. The van der Waals surface area contributed by atoms with Crippen LogP contribution < -0.4 is 4.90 Å². The lowest BCUT2D eigenvalue weighted by Crippen LogP contribution is -2.11. The van der Waals surface area contributed by atoms with Gasteiger partial charge in [-0.1, -0.05) is 188 Å². The second kappa shape index (κ2) is 15.1. The van der Waals surface area contributed by atoms with Crippen LogP contribution in [0.5, 0.6) is 0 Å². The highest BCUT2D eigenvalue weighted by atomic mass is 15.1. The van der Waals surface area contributed by atoms with Crippen LogP contribution >= 0.6 is 0 Å². The third-order valence-electron chi connectivity index (χ3n) is 11.8. The molecule has 1 heterocycles. The lowest BCUT2D eigenvalue weighted by atomic mass is 9.90. The van der Waals surface area contributed by atoms with E-state index in [1.807, 2.05) is 0 Å². The van der Waals surface area contributed by atoms with E-state index in [4.69, 9.17) is 0 Å². The minimum absolute atomic E-state index is 1.08. The summed E-state index contributed by atoms with van der Waals surface area (Å²) in [6.07, 6.45) is 0. The van der Waals surface area contributed by atoms with Crippen LogP contribution in [-0.2, 0) is 0 Å². The van der Waals surface area contributed by atoms with E-state index in [2.05, 4.69) is 252 Å². The lowest BCUT2D eigenvalue weighted by molar-refractivity contribution is 1.18. The summed E-state index contributed by atoms with van der Waals surface area (Å²) in [4.78, 5) is 2.42. The van der Waals surface area contributed by atoms with Gasteiger partial charge in [-0.25, -0.2) is 0 Å². The van der Waals surface area contributed by atoms with Crippen molar-refractivity contribution >= 4 is 49.6 Å². The van der Waals surface area contributed by atoms with E-state index in [1.54, 1.807) is 0 Å². The van der Waals surface area contributed by atoms with Gasteiger partial charge < -0.3 is 9.47 Å². The van der Waals surface area contributed by atoms with Gasteiger partial charge in [-0.2, -0.15) is 0 Å². The van der Waals surface area contributed by atoms with Crippen LogP contribution in [0, 0.1) is 0 Å². The van der Waals surface area contributed by atoms with Crippen LogP contribution in [0.1, 0.15) is 0 Å². The van der Waals surface area contributed by atoms with Crippen LogP contribution in [0.4, 0.5) is 17.1 Å². The molecular formula is C58H40N2. The molecule has 2 nitrogen and oxygen atoms in total. The zero-order valence-corrected chi connectivity index (χ0v) is 33.0. The van der Waals surface area contributed by atoms with E-state index < -0.39 is 0 Å². The molecule has 2 heteroatoms. The zero-order valence-electron chi connectivity index (χ0n) is 33.0. The monoisotopic (exact) mass is 764 g/mol. The third-order valence-corrected chi connectivity index (χ3v) is 11.8. The second-order valence-electron chi connectivity index (χ2n) is 15.3. The van der Waals surface area contributed by atoms with E-state index in [-0.39, 0.29) is 0 Å². The Hall–Kier alpha value is -7.94. The lowest BCUT2D eigenvalue weighted by Gasteiger charge is -2.29. The number of benzene rings is 10. The summed E-state index contributed by atoms with van der Waals surface area (Å²) in [5, 5.41) is 4.97. The molecule has 0 saturated heterocycles. The van der Waals surface area contributed by atoms with E-state index >= 15 is 0 Å². The van der Waals surface area contributed by atoms with Crippen molar-refractivity contribution < 1.29 is 0 Å². The first-order valence-corrected chi connectivity index (χ1v) is 20.6. The SMILES string of the molecule is c1ccc(-c2ccc(N(c3ccc(-c4cccc5c4c4ccccc4n5-c4ccccc4)cc3)c3ccccc3-c3cccc4cccc(-c5ccccc5)c34)cc2)cc1. The van der Waals surface area contributed by atoms with Gasteiger partial charge in [0.1, 0.15) is 0 Å². The van der Waals surface area contributed by atoms with E-state index in [1.165, 1.54) is 77.1 Å². The van der Waals surface area contributed by atoms with Gasteiger partial charge in [0.15, 0.2) is 0 Å². The molecule has 0 spiro atoms. The average Bonchev–Trinajstić information content (AvgIpc) is 3.67. The van der Waals surface area contributed by atoms with Crippen molar-refractivity contribution in [2.75, 3.05) is 4.90 Å². The predicted octanol–water partition coefficient (Wildman–Crippen LogP) is 16.1. The molecule has 11 aromatic rings. The highest BCUT2D eigenvalue weighted by molar-refractivity contribution is 6.16. The molecule has 0 fully saturated rings. The molecule has 0 aliphatic heterocycles. The summed E-state index contributed by atoms with van der Waals surface area (Å²) in [7, 11) is 0. The first-order chi connectivity index (χ1) is 29.8. The molecule has 0 bridgehead atoms. The van der Waals surface area contributed by atoms with Crippen LogP contribution in [0.25, 0.3) is 82.8 Å². The summed E-state index contributed by atoms with van der Waals surface area (Å²) < 4.78 is 2.39. The molecule has 60 heavy (non-hydrogen) atoms. The van der Waals surface area contributed by atoms with Gasteiger partial charge in [-0.3, -0.25) is 0 Å². The Morgan fingerprint density at radius 2 is 0.750 bits per heavy atom. The number of para-hydroxylation sites is 3. The van der Waals surface area contributed by atoms with Crippen molar-refractivity contribution in [1.82, 2.24) is 4.57 Å². The topological polar surface area (TPSA) is 8.17 Å². The second-order valence-corrected chi connectivity index (χ2v) is 15.3. The van der Waals surface area contributed by atoms with Crippen LogP contribution in [0.2, 0.25) is 0 Å². The largest absolute Gasteiger partial charge is 0.310 e.